The first kappa shape index (κ1) is 30.4. The van der Waals surface area contributed by atoms with Crippen LogP contribution in [-0.4, -0.2) is 43.8 Å². The van der Waals surface area contributed by atoms with Crippen LogP contribution in [0, 0.1) is 5.82 Å². The fourth-order valence-electron chi connectivity index (χ4n) is 3.74. The van der Waals surface area contributed by atoms with Crippen LogP contribution in [0.3, 0.4) is 0 Å². The topological polar surface area (TPSA) is 86.8 Å². The summed E-state index contributed by atoms with van der Waals surface area (Å²) >= 11 is 12.4. The van der Waals surface area contributed by atoms with Crippen molar-refractivity contribution >= 4 is 50.7 Å². The van der Waals surface area contributed by atoms with Crippen LogP contribution >= 0.6 is 23.2 Å². The van der Waals surface area contributed by atoms with Crippen molar-refractivity contribution in [3.05, 3.63) is 94.2 Å². The number of rotatable bonds is 11. The molecular formula is C28H30Cl2FN3O4S. The number of hydrogen-bond acceptors (Lipinski definition) is 4. The Balaban J connectivity index is 2.03. The van der Waals surface area contributed by atoms with Gasteiger partial charge in [-0.25, -0.2) is 12.8 Å². The minimum Gasteiger partial charge on any atom is -0.352 e. The van der Waals surface area contributed by atoms with E-state index >= 15 is 0 Å². The highest BCUT2D eigenvalue weighted by atomic mass is 35.5. The average Bonchev–Trinajstić information content (AvgIpc) is 2.91. The molecule has 3 rings (SSSR count). The van der Waals surface area contributed by atoms with Crippen LogP contribution in [0.25, 0.3) is 0 Å². The zero-order valence-corrected chi connectivity index (χ0v) is 24.1. The van der Waals surface area contributed by atoms with E-state index in [1.54, 1.807) is 37.3 Å². The molecule has 0 saturated carbocycles. The SMILES string of the molecule is CC[C@H](C)NC(=O)[C@@H](C)N(Cc1ccc(Cl)cc1Cl)C(=O)CN(c1ccc(F)cc1)S(=O)(=O)c1ccccc1. The zero-order valence-electron chi connectivity index (χ0n) is 21.8. The van der Waals surface area contributed by atoms with Crippen molar-refractivity contribution in [2.75, 3.05) is 10.8 Å². The van der Waals surface area contributed by atoms with Gasteiger partial charge in [0.25, 0.3) is 10.0 Å². The molecule has 0 fully saturated rings. The number of hydrogen-bond donors (Lipinski definition) is 1. The number of anilines is 1. The maximum atomic E-state index is 13.9. The predicted molar refractivity (Wildman–Crippen MR) is 152 cm³/mol. The van der Waals surface area contributed by atoms with Gasteiger partial charge in [0.2, 0.25) is 11.8 Å². The van der Waals surface area contributed by atoms with Crippen molar-refractivity contribution in [1.29, 1.82) is 0 Å². The lowest BCUT2D eigenvalue weighted by atomic mass is 10.1. The second-order valence-corrected chi connectivity index (χ2v) is 11.8. The van der Waals surface area contributed by atoms with Gasteiger partial charge in [-0.2, -0.15) is 0 Å². The summed E-state index contributed by atoms with van der Waals surface area (Å²) in [5.74, 6) is -1.62. The van der Waals surface area contributed by atoms with E-state index in [2.05, 4.69) is 5.32 Å². The summed E-state index contributed by atoms with van der Waals surface area (Å²) in [6.45, 7) is 4.60. The normalized spacial score (nSPS) is 12.9. The highest BCUT2D eigenvalue weighted by Crippen LogP contribution is 2.26. The van der Waals surface area contributed by atoms with Crippen LogP contribution in [0.5, 0.6) is 0 Å². The molecule has 0 spiro atoms. The first-order chi connectivity index (χ1) is 18.4. The van der Waals surface area contributed by atoms with Gasteiger partial charge in [0.15, 0.2) is 0 Å². The molecule has 0 aliphatic carbocycles. The van der Waals surface area contributed by atoms with Crippen molar-refractivity contribution < 1.29 is 22.4 Å². The molecule has 0 aliphatic rings. The molecule has 2 atom stereocenters. The summed E-state index contributed by atoms with van der Waals surface area (Å²) in [5.41, 5.74) is 0.617. The van der Waals surface area contributed by atoms with Gasteiger partial charge in [0.05, 0.1) is 10.6 Å². The first-order valence-electron chi connectivity index (χ1n) is 12.3. The van der Waals surface area contributed by atoms with Crippen molar-refractivity contribution in [2.45, 2.75) is 50.7 Å². The molecule has 0 aliphatic heterocycles. The van der Waals surface area contributed by atoms with Gasteiger partial charge in [-0.3, -0.25) is 13.9 Å². The number of carbonyl (C=O) groups is 2. The second-order valence-electron chi connectivity index (χ2n) is 9.05. The molecule has 39 heavy (non-hydrogen) atoms. The largest absolute Gasteiger partial charge is 0.352 e. The molecule has 3 aromatic rings. The van der Waals surface area contributed by atoms with Crippen LogP contribution in [0.4, 0.5) is 10.1 Å². The molecule has 2 amide bonds. The third-order valence-corrected chi connectivity index (χ3v) is 8.62. The molecule has 3 aromatic carbocycles. The lowest BCUT2D eigenvalue weighted by Gasteiger charge is -2.32. The summed E-state index contributed by atoms with van der Waals surface area (Å²) in [5, 5.41) is 3.56. The molecule has 11 heteroatoms. The highest BCUT2D eigenvalue weighted by Gasteiger charge is 2.33. The predicted octanol–water partition coefficient (Wildman–Crippen LogP) is 5.66. The number of benzene rings is 3. The number of carbonyl (C=O) groups excluding carboxylic acids is 2. The van der Waals surface area contributed by atoms with Gasteiger partial charge < -0.3 is 10.2 Å². The highest BCUT2D eigenvalue weighted by molar-refractivity contribution is 7.92. The average molecular weight is 595 g/mol. The van der Waals surface area contributed by atoms with Gasteiger partial charge in [-0.05, 0) is 74.4 Å². The molecule has 0 unspecified atom stereocenters. The first-order valence-corrected chi connectivity index (χ1v) is 14.5. The third-order valence-electron chi connectivity index (χ3n) is 6.25. The maximum Gasteiger partial charge on any atom is 0.264 e. The number of sulfonamides is 1. The Morgan fingerprint density at radius 3 is 2.21 bits per heavy atom. The zero-order chi connectivity index (χ0) is 28.7. The van der Waals surface area contributed by atoms with E-state index in [4.69, 9.17) is 23.2 Å². The van der Waals surface area contributed by atoms with E-state index in [1.807, 2.05) is 13.8 Å². The fourth-order valence-corrected chi connectivity index (χ4v) is 5.64. The summed E-state index contributed by atoms with van der Waals surface area (Å²) in [7, 11) is -4.23. The Morgan fingerprint density at radius 1 is 0.974 bits per heavy atom. The third kappa shape index (κ3) is 7.71. The summed E-state index contributed by atoms with van der Waals surface area (Å²) in [4.78, 5) is 28.1. The Morgan fingerprint density at radius 2 is 1.62 bits per heavy atom. The molecule has 208 valence electrons. The molecule has 0 bridgehead atoms. The smallest absolute Gasteiger partial charge is 0.264 e. The molecule has 0 radical (unpaired) electrons. The summed E-state index contributed by atoms with van der Waals surface area (Å²) < 4.78 is 41.9. The van der Waals surface area contributed by atoms with Crippen LogP contribution < -0.4 is 9.62 Å². The number of nitrogens with zero attached hydrogens (tertiary/aromatic N) is 2. The van der Waals surface area contributed by atoms with Crippen molar-refractivity contribution in [3.8, 4) is 0 Å². The standard InChI is InChI=1S/C28H30Cl2FN3O4S/c1-4-19(2)32-28(36)20(3)33(17-21-10-11-22(29)16-26(21)30)27(35)18-34(24-14-12-23(31)13-15-24)39(37,38)25-8-6-5-7-9-25/h5-16,19-20H,4,17-18H2,1-3H3,(H,32,36)/t19-,20+/m0/s1. The van der Waals surface area contributed by atoms with Crippen LogP contribution in [0.2, 0.25) is 10.0 Å². The molecule has 1 N–H and O–H groups in total. The Kier molecular flexibility index (Phi) is 10.4. The van der Waals surface area contributed by atoms with Crippen molar-refractivity contribution in [2.24, 2.45) is 0 Å². The van der Waals surface area contributed by atoms with E-state index < -0.39 is 40.2 Å². The van der Waals surface area contributed by atoms with E-state index in [0.717, 1.165) is 16.4 Å². The molecule has 0 saturated heterocycles. The van der Waals surface area contributed by atoms with Crippen molar-refractivity contribution in [1.82, 2.24) is 10.2 Å². The summed E-state index contributed by atoms with van der Waals surface area (Å²) in [6.07, 6.45) is 0.684. The van der Waals surface area contributed by atoms with E-state index in [-0.39, 0.29) is 23.2 Å². The van der Waals surface area contributed by atoms with Crippen LogP contribution in [-0.2, 0) is 26.2 Å². The molecule has 0 heterocycles. The van der Waals surface area contributed by atoms with Gasteiger partial charge in [0.1, 0.15) is 18.4 Å². The minimum absolute atomic E-state index is 0.0445. The summed E-state index contributed by atoms with van der Waals surface area (Å²) in [6, 6.07) is 16.1. The Bertz CT molecular complexity index is 1410. The van der Waals surface area contributed by atoms with Crippen molar-refractivity contribution in [3.63, 3.8) is 0 Å². The molecule has 0 aromatic heterocycles. The Labute approximate surface area is 238 Å². The van der Waals surface area contributed by atoms with E-state index in [0.29, 0.717) is 22.0 Å². The molecular weight excluding hydrogens is 564 g/mol. The quantitative estimate of drug-likeness (QED) is 0.311. The number of nitrogens with one attached hydrogen (secondary N) is 1. The van der Waals surface area contributed by atoms with Crippen LogP contribution in [0.1, 0.15) is 32.8 Å². The maximum absolute atomic E-state index is 13.9. The monoisotopic (exact) mass is 593 g/mol. The number of amides is 2. The minimum atomic E-state index is -4.23. The van der Waals surface area contributed by atoms with Gasteiger partial charge in [0, 0.05) is 22.6 Å². The van der Waals surface area contributed by atoms with E-state index in [1.165, 1.54) is 35.2 Å². The molecule has 7 nitrogen and oxygen atoms in total. The van der Waals surface area contributed by atoms with Crippen LogP contribution in [0.15, 0.2) is 77.7 Å². The fraction of sp³-hybridized carbons (Fsp3) is 0.286. The number of halogens is 3. The second kappa shape index (κ2) is 13.3. The lowest BCUT2D eigenvalue weighted by molar-refractivity contribution is -0.139. The van der Waals surface area contributed by atoms with Gasteiger partial charge in [-0.15, -0.1) is 0 Å². The lowest BCUT2D eigenvalue weighted by Crippen LogP contribution is -2.52. The Hall–Kier alpha value is -3.14. The van der Waals surface area contributed by atoms with Gasteiger partial charge >= 0.3 is 0 Å². The van der Waals surface area contributed by atoms with E-state index in [9.17, 15) is 22.4 Å². The van der Waals surface area contributed by atoms with Gasteiger partial charge in [-0.1, -0.05) is 54.4 Å².